The molecule has 0 aromatic carbocycles. The molecule has 0 saturated carbocycles. The minimum atomic E-state index is 1.08. The predicted molar refractivity (Wildman–Crippen MR) is 58.1 cm³/mol. The van der Waals surface area contributed by atoms with Crippen LogP contribution in [0, 0.1) is 0 Å². The minimum Gasteiger partial charge on any atom is -0.305 e. The summed E-state index contributed by atoms with van der Waals surface area (Å²) in [6.07, 6.45) is 9.03. The van der Waals surface area contributed by atoms with Gasteiger partial charge in [-0.15, -0.1) is 0 Å². The van der Waals surface area contributed by atoms with Crippen molar-refractivity contribution in [2.24, 2.45) is 0 Å². The Morgan fingerprint density at radius 1 is 1.36 bits per heavy atom. The van der Waals surface area contributed by atoms with Crippen molar-refractivity contribution in [3.63, 3.8) is 0 Å². The highest BCUT2D eigenvalue weighted by Gasteiger charge is 2.02. The van der Waals surface area contributed by atoms with Crippen LogP contribution in [-0.2, 0) is 13.1 Å². The number of imidazole rings is 1. The first-order valence-electron chi connectivity index (χ1n) is 5.42. The summed E-state index contributed by atoms with van der Waals surface area (Å²) in [6, 6.07) is 0. The molecule has 0 bridgehead atoms. The molecule has 3 nitrogen and oxygen atoms in total. The van der Waals surface area contributed by atoms with E-state index in [-0.39, 0.29) is 0 Å². The number of unbranched alkanes of at least 4 members (excludes halogenated alkanes) is 1. The van der Waals surface area contributed by atoms with Gasteiger partial charge in [-0.1, -0.05) is 13.3 Å². The average Bonchev–Trinajstić information content (AvgIpc) is 2.59. The topological polar surface area (TPSA) is 12.0 Å². The Balaban J connectivity index is 2.35. The van der Waals surface area contributed by atoms with Crippen molar-refractivity contribution in [3.8, 4) is 0 Å². The molecule has 80 valence electrons. The lowest BCUT2D eigenvalue weighted by Crippen LogP contribution is -2.31. The predicted octanol–water partition coefficient (Wildman–Crippen LogP) is 1.14. The fourth-order valence-electron chi connectivity index (χ4n) is 1.36. The summed E-state index contributed by atoms with van der Waals surface area (Å²) < 4.78 is 4.51. The summed E-state index contributed by atoms with van der Waals surface area (Å²) in [5, 5.41) is 0. The van der Waals surface area contributed by atoms with Gasteiger partial charge >= 0.3 is 0 Å². The van der Waals surface area contributed by atoms with Gasteiger partial charge in [-0.05, 0) is 20.5 Å². The molecule has 0 aliphatic rings. The summed E-state index contributed by atoms with van der Waals surface area (Å²) in [4.78, 5) is 2.20. The molecule has 0 amide bonds. The molecule has 0 spiro atoms. The SMILES string of the molecule is CCCC[n+]1ccn(CCN(C)C)c1. The maximum atomic E-state index is 2.26. The van der Waals surface area contributed by atoms with Gasteiger partial charge in [0.15, 0.2) is 0 Å². The smallest absolute Gasteiger partial charge is 0.243 e. The Bertz CT molecular complexity index is 253. The molecule has 0 fully saturated rings. The van der Waals surface area contributed by atoms with E-state index in [2.05, 4.69) is 53.8 Å². The van der Waals surface area contributed by atoms with Crippen LogP contribution in [0.15, 0.2) is 18.7 Å². The monoisotopic (exact) mass is 196 g/mol. The number of aryl methyl sites for hydroxylation is 1. The fraction of sp³-hybridized carbons (Fsp3) is 0.727. The molecular weight excluding hydrogens is 174 g/mol. The molecule has 0 saturated heterocycles. The second kappa shape index (κ2) is 5.81. The molecule has 0 N–H and O–H groups in total. The summed E-state index contributed by atoms with van der Waals surface area (Å²) in [6.45, 7) is 5.55. The Morgan fingerprint density at radius 3 is 2.79 bits per heavy atom. The van der Waals surface area contributed by atoms with Gasteiger partial charge in [0.2, 0.25) is 6.33 Å². The van der Waals surface area contributed by atoms with E-state index in [9.17, 15) is 0 Å². The first-order valence-corrected chi connectivity index (χ1v) is 5.42. The maximum absolute atomic E-state index is 2.26. The lowest BCUT2D eigenvalue weighted by Gasteiger charge is -2.05. The second-order valence-electron chi connectivity index (χ2n) is 4.05. The van der Waals surface area contributed by atoms with E-state index in [1.165, 1.54) is 12.8 Å². The molecule has 1 rings (SSSR count). The van der Waals surface area contributed by atoms with Crippen molar-refractivity contribution < 1.29 is 4.57 Å². The van der Waals surface area contributed by atoms with Crippen molar-refractivity contribution in [2.75, 3.05) is 20.6 Å². The first-order chi connectivity index (χ1) is 6.72. The highest BCUT2D eigenvalue weighted by atomic mass is 15.1. The van der Waals surface area contributed by atoms with E-state index < -0.39 is 0 Å². The second-order valence-corrected chi connectivity index (χ2v) is 4.05. The van der Waals surface area contributed by atoms with Crippen LogP contribution in [0.2, 0.25) is 0 Å². The number of aromatic nitrogens is 2. The van der Waals surface area contributed by atoms with Crippen LogP contribution in [0.4, 0.5) is 0 Å². The van der Waals surface area contributed by atoms with E-state index in [4.69, 9.17) is 0 Å². The molecule has 3 heteroatoms. The number of hydrogen-bond donors (Lipinski definition) is 0. The molecule has 0 aliphatic heterocycles. The Hall–Kier alpha value is -0.830. The Labute approximate surface area is 87.0 Å². The molecule has 1 aromatic heterocycles. The lowest BCUT2D eigenvalue weighted by molar-refractivity contribution is -0.696. The van der Waals surface area contributed by atoms with Crippen LogP contribution in [0.1, 0.15) is 19.8 Å². The van der Waals surface area contributed by atoms with Gasteiger partial charge in [-0.2, -0.15) is 0 Å². The molecule has 0 radical (unpaired) electrons. The minimum absolute atomic E-state index is 1.08. The van der Waals surface area contributed by atoms with Crippen LogP contribution in [-0.4, -0.2) is 30.1 Å². The molecule has 1 aromatic rings. The van der Waals surface area contributed by atoms with Gasteiger partial charge in [-0.25, -0.2) is 9.13 Å². The molecule has 0 atom stereocenters. The number of rotatable bonds is 6. The number of hydrogen-bond acceptors (Lipinski definition) is 1. The van der Waals surface area contributed by atoms with Crippen molar-refractivity contribution >= 4 is 0 Å². The first kappa shape index (κ1) is 11.2. The summed E-state index contributed by atoms with van der Waals surface area (Å²) in [5.41, 5.74) is 0. The van der Waals surface area contributed by atoms with Crippen LogP contribution in [0.5, 0.6) is 0 Å². The van der Waals surface area contributed by atoms with E-state index in [1.54, 1.807) is 0 Å². The molecule has 14 heavy (non-hydrogen) atoms. The molecular formula is C11H22N3+. The number of likely N-dealkylation sites (N-methyl/N-ethyl adjacent to an activating group) is 1. The van der Waals surface area contributed by atoms with Crippen molar-refractivity contribution in [3.05, 3.63) is 18.7 Å². The quantitative estimate of drug-likeness (QED) is 0.621. The average molecular weight is 196 g/mol. The zero-order valence-electron chi connectivity index (χ0n) is 9.61. The van der Waals surface area contributed by atoms with Crippen molar-refractivity contribution in [1.29, 1.82) is 0 Å². The van der Waals surface area contributed by atoms with Crippen LogP contribution in [0.25, 0.3) is 0 Å². The van der Waals surface area contributed by atoms with E-state index in [1.807, 2.05) is 0 Å². The zero-order valence-corrected chi connectivity index (χ0v) is 9.61. The Kier molecular flexibility index (Phi) is 4.66. The normalized spacial score (nSPS) is 11.1. The highest BCUT2D eigenvalue weighted by molar-refractivity contribution is 4.66. The summed E-state index contributed by atoms with van der Waals surface area (Å²) in [5.74, 6) is 0. The van der Waals surface area contributed by atoms with Gasteiger partial charge < -0.3 is 4.90 Å². The van der Waals surface area contributed by atoms with Crippen LogP contribution >= 0.6 is 0 Å². The Morgan fingerprint density at radius 2 is 2.14 bits per heavy atom. The number of nitrogens with zero attached hydrogens (tertiary/aromatic N) is 3. The lowest BCUT2D eigenvalue weighted by atomic mass is 10.3. The fourth-order valence-corrected chi connectivity index (χ4v) is 1.36. The van der Waals surface area contributed by atoms with Crippen LogP contribution < -0.4 is 4.57 Å². The van der Waals surface area contributed by atoms with Crippen molar-refractivity contribution in [2.45, 2.75) is 32.9 Å². The van der Waals surface area contributed by atoms with Crippen molar-refractivity contribution in [1.82, 2.24) is 9.47 Å². The zero-order chi connectivity index (χ0) is 10.4. The molecule has 1 heterocycles. The van der Waals surface area contributed by atoms with Crippen LogP contribution in [0.3, 0.4) is 0 Å². The summed E-state index contributed by atoms with van der Waals surface area (Å²) in [7, 11) is 4.21. The van der Waals surface area contributed by atoms with Gasteiger partial charge in [-0.3, -0.25) is 0 Å². The van der Waals surface area contributed by atoms with Gasteiger partial charge in [0.25, 0.3) is 0 Å². The third-order valence-corrected chi connectivity index (χ3v) is 2.32. The van der Waals surface area contributed by atoms with E-state index >= 15 is 0 Å². The summed E-state index contributed by atoms with van der Waals surface area (Å²) >= 11 is 0. The van der Waals surface area contributed by atoms with Gasteiger partial charge in [0.1, 0.15) is 18.9 Å². The van der Waals surface area contributed by atoms with Gasteiger partial charge in [0, 0.05) is 6.54 Å². The third kappa shape index (κ3) is 3.92. The van der Waals surface area contributed by atoms with E-state index in [0.29, 0.717) is 0 Å². The standard InChI is InChI=1S/C11H22N3/c1-4-5-6-13-9-10-14(11-13)8-7-12(2)3/h9-11H,4-8H2,1-3H3/q+1. The van der Waals surface area contributed by atoms with E-state index in [0.717, 1.165) is 19.6 Å². The van der Waals surface area contributed by atoms with Gasteiger partial charge in [0.05, 0.1) is 6.54 Å². The molecule has 0 aliphatic carbocycles. The third-order valence-electron chi connectivity index (χ3n) is 2.32. The largest absolute Gasteiger partial charge is 0.305 e. The maximum Gasteiger partial charge on any atom is 0.243 e. The molecule has 0 unspecified atom stereocenters. The highest BCUT2D eigenvalue weighted by Crippen LogP contribution is 1.89.